The van der Waals surface area contributed by atoms with Crippen LogP contribution in [-0.2, 0) is 5.41 Å². The molecule has 1 aliphatic heterocycles. The van der Waals surface area contributed by atoms with Gasteiger partial charge < -0.3 is 4.42 Å². The van der Waals surface area contributed by atoms with Crippen molar-refractivity contribution in [2.24, 2.45) is 0 Å². The number of rotatable bonds is 3. The van der Waals surface area contributed by atoms with Crippen molar-refractivity contribution in [2.45, 2.75) is 15.2 Å². The van der Waals surface area contributed by atoms with E-state index in [0.717, 1.165) is 50.0 Å². The van der Waals surface area contributed by atoms with Crippen LogP contribution in [0, 0.1) is 0 Å². The first-order chi connectivity index (χ1) is 25.3. The van der Waals surface area contributed by atoms with Crippen molar-refractivity contribution in [1.82, 2.24) is 9.97 Å². The molecule has 2 aliphatic rings. The Kier molecular flexibility index (Phi) is 6.10. The molecule has 238 valence electrons. The number of aromatic nitrogens is 2. The highest BCUT2D eigenvalue weighted by Gasteiger charge is 2.50. The van der Waals surface area contributed by atoms with Crippen LogP contribution in [0.3, 0.4) is 0 Å². The molecule has 0 saturated carbocycles. The van der Waals surface area contributed by atoms with Gasteiger partial charge in [0.2, 0.25) is 0 Å². The average molecular weight is 669 g/mol. The maximum atomic E-state index is 6.28. The summed E-state index contributed by atoms with van der Waals surface area (Å²) in [5.74, 6) is 0.693. The molecule has 3 nitrogen and oxygen atoms in total. The van der Waals surface area contributed by atoms with Gasteiger partial charge >= 0.3 is 0 Å². The van der Waals surface area contributed by atoms with E-state index in [2.05, 4.69) is 140 Å². The molecule has 9 aromatic rings. The number of fused-ring (bicyclic) bond motifs is 12. The second-order valence-electron chi connectivity index (χ2n) is 13.3. The monoisotopic (exact) mass is 668 g/mol. The second-order valence-corrected chi connectivity index (χ2v) is 14.4. The van der Waals surface area contributed by atoms with Crippen LogP contribution in [0.25, 0.3) is 67.0 Å². The lowest BCUT2D eigenvalue weighted by Crippen LogP contribution is -2.31. The molecule has 0 amide bonds. The molecule has 0 atom stereocenters. The zero-order valence-corrected chi connectivity index (χ0v) is 28.2. The number of benzene rings is 7. The van der Waals surface area contributed by atoms with Crippen LogP contribution in [-0.4, -0.2) is 9.97 Å². The molecule has 4 heteroatoms. The van der Waals surface area contributed by atoms with Gasteiger partial charge in [-0.05, 0) is 69.8 Å². The maximum Gasteiger partial charge on any atom is 0.160 e. The van der Waals surface area contributed by atoms with Crippen LogP contribution in [0.4, 0.5) is 0 Å². The number of furan rings is 1. The zero-order valence-electron chi connectivity index (χ0n) is 27.4. The van der Waals surface area contributed by atoms with Crippen molar-refractivity contribution in [3.63, 3.8) is 0 Å². The summed E-state index contributed by atoms with van der Waals surface area (Å²) in [5.41, 5.74) is 14.0. The SMILES string of the molecule is c1ccc(-c2nc(-c3ccc4c(c3)Sc3ccccc3C43c4ccccc4-c4ccccc43)cc(-c3ccc4c(c3)oc3ccccc34)n2)cc1. The van der Waals surface area contributed by atoms with Crippen molar-refractivity contribution < 1.29 is 4.42 Å². The Morgan fingerprint density at radius 2 is 1.00 bits per heavy atom. The van der Waals surface area contributed by atoms with E-state index in [4.69, 9.17) is 14.4 Å². The summed E-state index contributed by atoms with van der Waals surface area (Å²) >= 11 is 1.85. The average Bonchev–Trinajstić information content (AvgIpc) is 3.72. The standard InChI is InChI=1S/C47H28N2OS/c1-2-12-29(13-3-1)46-48-40(30-22-24-35-34-16-6-10-20-42(34)50-43(35)26-30)28-41(49-46)31-23-25-39-45(27-31)51-44-21-11-9-19-38(44)47(39)36-17-7-4-14-32(36)33-15-5-8-18-37(33)47/h1-28H. The van der Waals surface area contributed by atoms with Crippen LogP contribution in [0.2, 0.25) is 0 Å². The molecule has 11 rings (SSSR count). The van der Waals surface area contributed by atoms with Crippen molar-refractivity contribution in [1.29, 1.82) is 0 Å². The molecule has 0 radical (unpaired) electrons. The summed E-state index contributed by atoms with van der Waals surface area (Å²) in [6.45, 7) is 0. The third-order valence-corrected chi connectivity index (χ3v) is 11.7. The predicted molar refractivity (Wildman–Crippen MR) is 207 cm³/mol. The first-order valence-electron chi connectivity index (χ1n) is 17.2. The first-order valence-corrected chi connectivity index (χ1v) is 18.1. The van der Waals surface area contributed by atoms with Crippen LogP contribution in [0.1, 0.15) is 22.3 Å². The van der Waals surface area contributed by atoms with Gasteiger partial charge in [-0.25, -0.2) is 9.97 Å². The fourth-order valence-electron chi connectivity index (χ4n) is 8.36. The van der Waals surface area contributed by atoms with E-state index >= 15 is 0 Å². The fraction of sp³-hybridized carbons (Fsp3) is 0.0213. The topological polar surface area (TPSA) is 38.9 Å². The van der Waals surface area contributed by atoms with E-state index in [1.807, 2.05) is 42.1 Å². The van der Waals surface area contributed by atoms with Crippen LogP contribution in [0.5, 0.6) is 0 Å². The van der Waals surface area contributed by atoms with Crippen LogP contribution >= 0.6 is 11.8 Å². The Labute approximate surface area is 299 Å². The van der Waals surface area contributed by atoms with Crippen molar-refractivity contribution >= 4 is 33.7 Å². The molecule has 3 heterocycles. The minimum atomic E-state index is -0.406. The molecule has 1 spiro atoms. The molecule has 0 N–H and O–H groups in total. The Hall–Kier alpha value is -6.23. The van der Waals surface area contributed by atoms with Gasteiger partial charge in [-0.3, -0.25) is 0 Å². The zero-order chi connectivity index (χ0) is 33.5. The van der Waals surface area contributed by atoms with Gasteiger partial charge in [0.15, 0.2) is 5.82 Å². The molecule has 1 aliphatic carbocycles. The highest BCUT2D eigenvalue weighted by Crippen LogP contribution is 2.62. The molecule has 0 fully saturated rings. The van der Waals surface area contributed by atoms with Gasteiger partial charge in [0.05, 0.1) is 16.8 Å². The lowest BCUT2D eigenvalue weighted by atomic mass is 9.67. The summed E-state index contributed by atoms with van der Waals surface area (Å²) in [6, 6.07) is 60.7. The van der Waals surface area contributed by atoms with Gasteiger partial charge in [-0.2, -0.15) is 0 Å². The molecular weight excluding hydrogens is 641 g/mol. The maximum absolute atomic E-state index is 6.28. The summed E-state index contributed by atoms with van der Waals surface area (Å²) in [5, 5.41) is 2.22. The van der Waals surface area contributed by atoms with E-state index in [9.17, 15) is 0 Å². The van der Waals surface area contributed by atoms with Crippen molar-refractivity contribution in [2.75, 3.05) is 0 Å². The first kappa shape index (κ1) is 28.6. The molecule has 51 heavy (non-hydrogen) atoms. The van der Waals surface area contributed by atoms with E-state index in [1.54, 1.807) is 0 Å². The lowest BCUT2D eigenvalue weighted by molar-refractivity contribution is 0.669. The van der Waals surface area contributed by atoms with Crippen LogP contribution < -0.4 is 0 Å². The third-order valence-electron chi connectivity index (χ3n) is 10.6. The smallest absolute Gasteiger partial charge is 0.160 e. The summed E-state index contributed by atoms with van der Waals surface area (Å²) in [6.07, 6.45) is 0. The Morgan fingerprint density at radius 1 is 0.412 bits per heavy atom. The minimum absolute atomic E-state index is 0.406. The highest BCUT2D eigenvalue weighted by molar-refractivity contribution is 7.99. The van der Waals surface area contributed by atoms with E-state index < -0.39 is 5.41 Å². The predicted octanol–water partition coefficient (Wildman–Crippen LogP) is 12.2. The van der Waals surface area contributed by atoms with E-state index in [1.165, 1.54) is 43.2 Å². The van der Waals surface area contributed by atoms with E-state index in [-0.39, 0.29) is 0 Å². The largest absolute Gasteiger partial charge is 0.456 e. The Morgan fingerprint density at radius 3 is 1.78 bits per heavy atom. The normalized spacial score (nSPS) is 13.6. The van der Waals surface area contributed by atoms with Gasteiger partial charge in [-0.15, -0.1) is 0 Å². The quantitative estimate of drug-likeness (QED) is 0.188. The lowest BCUT2D eigenvalue weighted by Gasteiger charge is -2.39. The Balaban J connectivity index is 1.12. The van der Waals surface area contributed by atoms with Crippen molar-refractivity contribution in [3.05, 3.63) is 192 Å². The fourth-order valence-corrected chi connectivity index (χ4v) is 9.60. The van der Waals surface area contributed by atoms with Crippen LogP contribution in [0.15, 0.2) is 184 Å². The molecular formula is C47H28N2OS. The molecule has 7 aromatic carbocycles. The number of para-hydroxylation sites is 1. The van der Waals surface area contributed by atoms with Gasteiger partial charge in [0.1, 0.15) is 11.2 Å². The van der Waals surface area contributed by atoms with E-state index in [0.29, 0.717) is 5.82 Å². The summed E-state index contributed by atoms with van der Waals surface area (Å²) < 4.78 is 6.28. The molecule has 0 saturated heterocycles. The van der Waals surface area contributed by atoms with Gasteiger partial charge in [-0.1, -0.05) is 145 Å². The number of hydrogen-bond acceptors (Lipinski definition) is 4. The highest BCUT2D eigenvalue weighted by atomic mass is 32.2. The Bertz CT molecular complexity index is 2810. The molecule has 2 aromatic heterocycles. The number of nitrogens with zero attached hydrogens (tertiary/aromatic N) is 2. The minimum Gasteiger partial charge on any atom is -0.456 e. The molecule has 0 bridgehead atoms. The second kappa shape index (κ2) is 10.9. The van der Waals surface area contributed by atoms with Crippen molar-refractivity contribution in [3.8, 4) is 45.0 Å². The summed E-state index contributed by atoms with van der Waals surface area (Å²) in [4.78, 5) is 12.9. The number of hydrogen-bond donors (Lipinski definition) is 0. The van der Waals surface area contributed by atoms with Gasteiger partial charge in [0.25, 0.3) is 0 Å². The molecule has 0 unspecified atom stereocenters. The third kappa shape index (κ3) is 4.14. The summed E-state index contributed by atoms with van der Waals surface area (Å²) in [7, 11) is 0. The van der Waals surface area contributed by atoms with Gasteiger partial charge in [0, 0.05) is 37.3 Å².